The number of hydrogen-bond donors (Lipinski definition) is 1. The van der Waals surface area contributed by atoms with Crippen molar-refractivity contribution in [1.82, 2.24) is 15.1 Å². The van der Waals surface area contributed by atoms with Crippen LogP contribution in [0.25, 0.3) is 0 Å². The normalized spacial score (nSPS) is 19.5. The van der Waals surface area contributed by atoms with Crippen molar-refractivity contribution in [3.63, 3.8) is 0 Å². The Morgan fingerprint density at radius 3 is 2.11 bits per heavy atom. The summed E-state index contributed by atoms with van der Waals surface area (Å²) in [5.74, 6) is -0.595. The zero-order chi connectivity index (χ0) is 21.1. The Hall–Kier alpha value is -2.44. The fraction of sp³-hybridized carbons (Fsp3) is 0.571. The van der Waals surface area contributed by atoms with Crippen molar-refractivity contribution < 1.29 is 18.8 Å². The van der Waals surface area contributed by atoms with Gasteiger partial charge in [0, 0.05) is 13.1 Å². The zero-order valence-electron chi connectivity index (χ0n) is 17.3. The zero-order valence-corrected chi connectivity index (χ0v) is 17.3. The van der Waals surface area contributed by atoms with Crippen LogP contribution in [0.3, 0.4) is 0 Å². The van der Waals surface area contributed by atoms with E-state index in [1.54, 1.807) is 11.8 Å². The van der Waals surface area contributed by atoms with E-state index in [0.717, 1.165) is 4.90 Å². The number of nitrogens with one attached hydrogen (secondary N) is 1. The number of rotatable bonds is 8. The summed E-state index contributed by atoms with van der Waals surface area (Å²) in [5, 5.41) is 2.72. The smallest absolute Gasteiger partial charge is 0.325 e. The average molecular weight is 391 g/mol. The van der Waals surface area contributed by atoms with Crippen LogP contribution in [0, 0.1) is 17.7 Å². The predicted octanol–water partition coefficient (Wildman–Crippen LogP) is 3.12. The number of hydrogen-bond acceptors (Lipinski definition) is 3. The average Bonchev–Trinajstić information content (AvgIpc) is 2.86. The molecule has 0 radical (unpaired) electrons. The number of halogens is 1. The lowest BCUT2D eigenvalue weighted by molar-refractivity contribution is -0.139. The molecule has 1 aliphatic heterocycles. The summed E-state index contributed by atoms with van der Waals surface area (Å²) in [4.78, 5) is 41.2. The fourth-order valence-corrected chi connectivity index (χ4v) is 3.54. The number of benzene rings is 1. The SMILES string of the molecule is CC[C@]1(c2ccc(F)cc2)NC(=O)N(CC(=O)N(CC(C)C)CC(C)C)C1=O. The summed E-state index contributed by atoms with van der Waals surface area (Å²) < 4.78 is 13.3. The second-order valence-electron chi connectivity index (χ2n) is 8.17. The number of imide groups is 1. The molecule has 0 aliphatic carbocycles. The van der Waals surface area contributed by atoms with Crippen molar-refractivity contribution in [2.75, 3.05) is 19.6 Å². The van der Waals surface area contributed by atoms with E-state index in [2.05, 4.69) is 5.32 Å². The first-order valence-electron chi connectivity index (χ1n) is 9.78. The van der Waals surface area contributed by atoms with Crippen molar-refractivity contribution in [3.05, 3.63) is 35.6 Å². The molecule has 1 atom stereocenters. The van der Waals surface area contributed by atoms with Gasteiger partial charge in [-0.2, -0.15) is 0 Å². The number of amides is 4. The summed E-state index contributed by atoms with van der Waals surface area (Å²) in [7, 11) is 0. The van der Waals surface area contributed by atoms with Gasteiger partial charge in [0.2, 0.25) is 5.91 Å². The summed E-state index contributed by atoms with van der Waals surface area (Å²) in [6.45, 7) is 10.7. The highest BCUT2D eigenvalue weighted by Crippen LogP contribution is 2.32. The maximum absolute atomic E-state index is 13.3. The molecule has 7 heteroatoms. The molecule has 1 aromatic carbocycles. The Morgan fingerprint density at radius 2 is 1.64 bits per heavy atom. The van der Waals surface area contributed by atoms with Crippen molar-refractivity contribution in [1.29, 1.82) is 0 Å². The third kappa shape index (κ3) is 4.51. The van der Waals surface area contributed by atoms with Crippen molar-refractivity contribution in [3.8, 4) is 0 Å². The van der Waals surface area contributed by atoms with Crippen LogP contribution in [-0.4, -0.2) is 47.3 Å². The van der Waals surface area contributed by atoms with Crippen LogP contribution < -0.4 is 5.32 Å². The molecule has 4 amide bonds. The molecule has 1 N–H and O–H groups in total. The number of carbonyl (C=O) groups excluding carboxylic acids is 3. The highest BCUT2D eigenvalue weighted by atomic mass is 19.1. The summed E-state index contributed by atoms with van der Waals surface area (Å²) >= 11 is 0. The first-order valence-corrected chi connectivity index (χ1v) is 9.78. The topological polar surface area (TPSA) is 69.7 Å². The monoisotopic (exact) mass is 391 g/mol. The van der Waals surface area contributed by atoms with Crippen LogP contribution in [0.1, 0.15) is 46.6 Å². The van der Waals surface area contributed by atoms with Crippen LogP contribution in [0.5, 0.6) is 0 Å². The van der Waals surface area contributed by atoms with Gasteiger partial charge in [0.1, 0.15) is 17.9 Å². The number of urea groups is 1. The Balaban J connectivity index is 2.24. The van der Waals surface area contributed by atoms with Gasteiger partial charge < -0.3 is 10.2 Å². The Labute approximate surface area is 166 Å². The van der Waals surface area contributed by atoms with Gasteiger partial charge in [0.05, 0.1) is 0 Å². The van der Waals surface area contributed by atoms with E-state index in [9.17, 15) is 18.8 Å². The number of carbonyl (C=O) groups is 3. The van der Waals surface area contributed by atoms with Crippen LogP contribution in [0.2, 0.25) is 0 Å². The molecule has 0 spiro atoms. The second-order valence-corrected chi connectivity index (χ2v) is 8.17. The second kappa shape index (κ2) is 8.71. The van der Waals surface area contributed by atoms with E-state index < -0.39 is 23.3 Å². The van der Waals surface area contributed by atoms with Gasteiger partial charge in [0.15, 0.2) is 0 Å². The minimum Gasteiger partial charge on any atom is -0.341 e. The first kappa shape index (κ1) is 21.9. The molecular weight excluding hydrogens is 361 g/mol. The Morgan fingerprint density at radius 1 is 1.11 bits per heavy atom. The largest absolute Gasteiger partial charge is 0.341 e. The molecule has 28 heavy (non-hydrogen) atoms. The lowest BCUT2D eigenvalue weighted by atomic mass is 9.87. The molecule has 1 heterocycles. The highest BCUT2D eigenvalue weighted by Gasteiger charge is 2.51. The predicted molar refractivity (Wildman–Crippen MR) is 105 cm³/mol. The molecule has 0 saturated carbocycles. The third-order valence-corrected chi connectivity index (χ3v) is 4.86. The minimum atomic E-state index is -1.27. The number of nitrogens with zero attached hydrogens (tertiary/aromatic N) is 2. The summed E-state index contributed by atoms with van der Waals surface area (Å²) in [6.07, 6.45) is 0.301. The molecule has 1 fully saturated rings. The molecule has 1 saturated heterocycles. The molecule has 0 unspecified atom stereocenters. The van der Waals surface area contributed by atoms with E-state index in [-0.39, 0.29) is 24.3 Å². The molecule has 1 aromatic rings. The van der Waals surface area contributed by atoms with Crippen LogP contribution in [-0.2, 0) is 15.1 Å². The molecule has 2 rings (SSSR count). The first-order chi connectivity index (χ1) is 13.1. The van der Waals surface area contributed by atoms with Gasteiger partial charge in [0.25, 0.3) is 5.91 Å². The summed E-state index contributed by atoms with van der Waals surface area (Å²) in [5.41, 5.74) is -0.766. The fourth-order valence-electron chi connectivity index (χ4n) is 3.54. The highest BCUT2D eigenvalue weighted by molar-refractivity contribution is 6.09. The standard InChI is InChI=1S/C21H30FN3O3/c1-6-21(16-7-9-17(22)10-8-16)19(27)25(20(28)23-21)13-18(26)24(11-14(2)3)12-15(4)5/h7-10,14-15H,6,11-13H2,1-5H3,(H,23,28)/t21-/m1/s1. The molecule has 1 aliphatic rings. The van der Waals surface area contributed by atoms with Crippen molar-refractivity contribution in [2.45, 2.75) is 46.6 Å². The lowest BCUT2D eigenvalue weighted by Crippen LogP contribution is -2.47. The van der Waals surface area contributed by atoms with Crippen LogP contribution >= 0.6 is 0 Å². The maximum atomic E-state index is 13.3. The molecule has 0 bridgehead atoms. The van der Waals surface area contributed by atoms with Crippen molar-refractivity contribution >= 4 is 17.8 Å². The quantitative estimate of drug-likeness (QED) is 0.692. The molecule has 6 nitrogen and oxygen atoms in total. The van der Waals surface area contributed by atoms with Gasteiger partial charge in [-0.1, -0.05) is 46.8 Å². The maximum Gasteiger partial charge on any atom is 0.325 e. The van der Waals surface area contributed by atoms with Gasteiger partial charge in [-0.15, -0.1) is 0 Å². The molecular formula is C21H30FN3O3. The molecule has 154 valence electrons. The van der Waals surface area contributed by atoms with E-state index in [1.165, 1.54) is 24.3 Å². The van der Waals surface area contributed by atoms with E-state index in [0.29, 0.717) is 25.1 Å². The van der Waals surface area contributed by atoms with E-state index in [1.807, 2.05) is 27.7 Å². The van der Waals surface area contributed by atoms with Gasteiger partial charge in [-0.3, -0.25) is 14.5 Å². The van der Waals surface area contributed by atoms with Crippen molar-refractivity contribution in [2.24, 2.45) is 11.8 Å². The molecule has 0 aromatic heterocycles. The minimum absolute atomic E-state index is 0.253. The van der Waals surface area contributed by atoms with Gasteiger partial charge in [-0.25, -0.2) is 9.18 Å². The Kier molecular flexibility index (Phi) is 6.80. The van der Waals surface area contributed by atoms with Gasteiger partial charge >= 0.3 is 6.03 Å². The van der Waals surface area contributed by atoms with Crippen LogP contribution in [0.15, 0.2) is 24.3 Å². The Bertz CT molecular complexity index is 723. The van der Waals surface area contributed by atoms with Gasteiger partial charge in [-0.05, 0) is 36.0 Å². The van der Waals surface area contributed by atoms with E-state index >= 15 is 0 Å². The van der Waals surface area contributed by atoms with E-state index in [4.69, 9.17) is 0 Å². The summed E-state index contributed by atoms with van der Waals surface area (Å²) in [6, 6.07) is 4.90. The van der Waals surface area contributed by atoms with Crippen LogP contribution in [0.4, 0.5) is 9.18 Å². The lowest BCUT2D eigenvalue weighted by Gasteiger charge is -2.28. The third-order valence-electron chi connectivity index (χ3n) is 4.86.